The summed E-state index contributed by atoms with van der Waals surface area (Å²) in [6.45, 7) is 1.86. The third-order valence-corrected chi connectivity index (χ3v) is 3.45. The molecule has 0 spiro atoms. The zero-order chi connectivity index (χ0) is 14.8. The van der Waals surface area contributed by atoms with E-state index < -0.39 is 11.7 Å². The number of esters is 1. The summed E-state index contributed by atoms with van der Waals surface area (Å²) in [5, 5.41) is 0. The molecule has 0 bridgehead atoms. The summed E-state index contributed by atoms with van der Waals surface area (Å²) < 4.78 is 10.6. The van der Waals surface area contributed by atoms with Crippen molar-refractivity contribution in [1.29, 1.82) is 0 Å². The Labute approximate surface area is 121 Å². The fourth-order valence-corrected chi connectivity index (χ4v) is 2.32. The molecule has 0 aliphatic heterocycles. The molecule has 1 unspecified atom stereocenters. The van der Waals surface area contributed by atoms with Crippen molar-refractivity contribution in [1.82, 2.24) is 0 Å². The summed E-state index contributed by atoms with van der Waals surface area (Å²) in [6, 6.07) is 10.4. The normalized spacial score (nSPS) is 16.3. The highest BCUT2D eigenvalue weighted by molar-refractivity contribution is 5.91. The first kappa shape index (κ1) is 13.4. The van der Waals surface area contributed by atoms with Crippen LogP contribution >= 0.6 is 0 Å². The summed E-state index contributed by atoms with van der Waals surface area (Å²) in [7, 11) is 0. The van der Waals surface area contributed by atoms with Gasteiger partial charge in [0, 0.05) is 18.1 Å². The number of fused-ring (bicyclic) bond motifs is 1. The predicted octanol–water partition coefficient (Wildman–Crippen LogP) is 2.74. The Kier molecular flexibility index (Phi) is 3.44. The molecule has 1 atom stereocenters. The van der Waals surface area contributed by atoms with Crippen LogP contribution in [0.4, 0.5) is 0 Å². The molecule has 1 heterocycles. The summed E-state index contributed by atoms with van der Waals surface area (Å²) >= 11 is 0. The van der Waals surface area contributed by atoms with Crippen LogP contribution in [-0.2, 0) is 11.2 Å². The minimum Gasteiger partial charge on any atom is -0.454 e. The minimum absolute atomic E-state index is 0.371. The molecule has 0 N–H and O–H groups in total. The first-order valence-corrected chi connectivity index (χ1v) is 6.71. The van der Waals surface area contributed by atoms with Gasteiger partial charge in [-0.1, -0.05) is 24.3 Å². The average Bonchev–Trinajstić information content (AvgIpc) is 2.47. The molecule has 106 valence electrons. The van der Waals surface area contributed by atoms with E-state index in [1.807, 2.05) is 19.1 Å². The van der Waals surface area contributed by atoms with E-state index in [1.165, 1.54) is 6.07 Å². The lowest BCUT2D eigenvalue weighted by atomic mass is 10.0. The number of hydrogen-bond donors (Lipinski definition) is 0. The molecule has 0 amide bonds. The molecule has 0 radical (unpaired) electrons. The van der Waals surface area contributed by atoms with Crippen molar-refractivity contribution in [2.45, 2.75) is 19.4 Å². The van der Waals surface area contributed by atoms with E-state index in [4.69, 9.17) is 9.15 Å². The second-order valence-electron chi connectivity index (χ2n) is 4.95. The van der Waals surface area contributed by atoms with Gasteiger partial charge in [-0.2, -0.15) is 0 Å². The van der Waals surface area contributed by atoms with Gasteiger partial charge in [0.2, 0.25) is 0 Å². The third kappa shape index (κ3) is 2.79. The lowest BCUT2D eigenvalue weighted by molar-refractivity contribution is 0.0384. The zero-order valence-corrected chi connectivity index (χ0v) is 11.5. The van der Waals surface area contributed by atoms with Crippen LogP contribution in [0.2, 0.25) is 0 Å². The van der Waals surface area contributed by atoms with Gasteiger partial charge in [-0.3, -0.25) is 0 Å². The van der Waals surface area contributed by atoms with Crippen LogP contribution in [0.25, 0.3) is 6.08 Å². The van der Waals surface area contributed by atoms with Gasteiger partial charge >= 0.3 is 11.6 Å². The van der Waals surface area contributed by atoms with Crippen LogP contribution in [0.3, 0.4) is 0 Å². The largest absolute Gasteiger partial charge is 0.454 e. The zero-order valence-electron chi connectivity index (χ0n) is 11.5. The summed E-state index contributed by atoms with van der Waals surface area (Å²) in [5.41, 5.74) is 1.87. The van der Waals surface area contributed by atoms with Crippen molar-refractivity contribution in [3.8, 4) is 0 Å². The number of carbonyl (C=O) groups is 1. The van der Waals surface area contributed by atoms with Crippen LogP contribution in [-0.4, -0.2) is 12.1 Å². The topological polar surface area (TPSA) is 56.5 Å². The molecule has 4 nitrogen and oxygen atoms in total. The highest BCUT2D eigenvalue weighted by atomic mass is 16.5. The van der Waals surface area contributed by atoms with Gasteiger partial charge in [0.15, 0.2) is 0 Å². The number of aryl methyl sites for hydroxylation is 1. The Balaban J connectivity index is 1.77. The van der Waals surface area contributed by atoms with E-state index in [0.717, 1.165) is 11.1 Å². The molecule has 1 aliphatic carbocycles. The highest BCUT2D eigenvalue weighted by Gasteiger charge is 2.21. The molecule has 21 heavy (non-hydrogen) atoms. The average molecular weight is 282 g/mol. The molecule has 1 aromatic heterocycles. The minimum atomic E-state index is -0.421. The van der Waals surface area contributed by atoms with E-state index in [9.17, 15) is 9.59 Å². The Morgan fingerprint density at radius 1 is 1.24 bits per heavy atom. The Hall–Kier alpha value is -2.62. The van der Waals surface area contributed by atoms with Gasteiger partial charge in [-0.25, -0.2) is 9.59 Å². The van der Waals surface area contributed by atoms with E-state index in [2.05, 4.69) is 0 Å². The second kappa shape index (κ2) is 5.40. The smallest absolute Gasteiger partial charge is 0.338 e. The molecule has 0 saturated carbocycles. The molecule has 2 aromatic rings. The monoisotopic (exact) mass is 282 g/mol. The Morgan fingerprint density at radius 2 is 2.05 bits per heavy atom. The summed E-state index contributed by atoms with van der Waals surface area (Å²) in [6.07, 6.45) is 3.56. The fraction of sp³-hybridized carbons (Fsp3) is 0.176. The van der Waals surface area contributed by atoms with Crippen molar-refractivity contribution < 1.29 is 13.9 Å². The van der Waals surface area contributed by atoms with Crippen LogP contribution in [0, 0.1) is 6.92 Å². The number of hydrogen-bond acceptors (Lipinski definition) is 4. The van der Waals surface area contributed by atoms with Crippen molar-refractivity contribution >= 4 is 12.0 Å². The van der Waals surface area contributed by atoms with Gasteiger partial charge in [0.1, 0.15) is 11.9 Å². The molecular weight excluding hydrogens is 268 g/mol. The molecule has 0 saturated heterocycles. The number of carbonyl (C=O) groups excluding carboxylic acids is 1. The van der Waals surface area contributed by atoms with Gasteiger partial charge in [-0.05, 0) is 30.7 Å². The lowest BCUT2D eigenvalue weighted by Gasteiger charge is -2.18. The maximum absolute atomic E-state index is 12.2. The molecule has 0 fully saturated rings. The standard InChI is InChI=1S/C17H14O4/c1-11-4-2-3-5-14(11)17(19)20-13-8-6-12-7-9-16(18)21-15(12)10-13/h2-9,13H,10H2,1H3. The van der Waals surface area contributed by atoms with Crippen LogP contribution in [0.5, 0.6) is 0 Å². The van der Waals surface area contributed by atoms with E-state index in [0.29, 0.717) is 17.7 Å². The molecular formula is C17H14O4. The number of benzene rings is 1. The van der Waals surface area contributed by atoms with Gasteiger partial charge in [-0.15, -0.1) is 0 Å². The third-order valence-electron chi connectivity index (χ3n) is 3.45. The lowest BCUT2D eigenvalue weighted by Crippen LogP contribution is -2.22. The van der Waals surface area contributed by atoms with Gasteiger partial charge < -0.3 is 9.15 Å². The first-order chi connectivity index (χ1) is 10.1. The maximum Gasteiger partial charge on any atom is 0.338 e. The quantitative estimate of drug-likeness (QED) is 0.795. The predicted molar refractivity (Wildman–Crippen MR) is 78.1 cm³/mol. The molecule has 1 aliphatic rings. The Morgan fingerprint density at radius 3 is 2.86 bits per heavy atom. The fourth-order valence-electron chi connectivity index (χ4n) is 2.32. The SMILES string of the molecule is Cc1ccccc1C(=O)OC1C=Cc2ccc(=O)oc2C1. The van der Waals surface area contributed by atoms with E-state index in [1.54, 1.807) is 30.4 Å². The molecule has 4 heteroatoms. The Bertz CT molecular complexity index is 770. The summed E-state index contributed by atoms with van der Waals surface area (Å²) in [4.78, 5) is 23.4. The van der Waals surface area contributed by atoms with E-state index in [-0.39, 0.29) is 5.97 Å². The molecule has 3 rings (SSSR count). The summed E-state index contributed by atoms with van der Waals surface area (Å²) in [5.74, 6) is 0.178. The number of rotatable bonds is 2. The highest BCUT2D eigenvalue weighted by Crippen LogP contribution is 2.20. The van der Waals surface area contributed by atoms with Crippen molar-refractivity contribution in [2.75, 3.05) is 0 Å². The van der Waals surface area contributed by atoms with Crippen molar-refractivity contribution in [3.05, 3.63) is 75.3 Å². The van der Waals surface area contributed by atoms with Crippen LogP contribution in [0.1, 0.15) is 27.2 Å². The second-order valence-corrected chi connectivity index (χ2v) is 4.95. The van der Waals surface area contributed by atoms with Crippen LogP contribution < -0.4 is 5.63 Å². The maximum atomic E-state index is 12.2. The van der Waals surface area contributed by atoms with Gasteiger partial charge in [0.05, 0.1) is 5.56 Å². The number of ether oxygens (including phenoxy) is 1. The molecule has 1 aromatic carbocycles. The first-order valence-electron chi connectivity index (χ1n) is 6.71. The van der Waals surface area contributed by atoms with Crippen molar-refractivity contribution in [3.63, 3.8) is 0 Å². The van der Waals surface area contributed by atoms with E-state index >= 15 is 0 Å². The van der Waals surface area contributed by atoms with Crippen LogP contribution in [0.15, 0.2) is 51.7 Å². The van der Waals surface area contributed by atoms with Crippen molar-refractivity contribution in [2.24, 2.45) is 0 Å². The van der Waals surface area contributed by atoms with Gasteiger partial charge in [0.25, 0.3) is 0 Å².